The van der Waals surface area contributed by atoms with Gasteiger partial charge in [0, 0.05) is 11.6 Å². The van der Waals surface area contributed by atoms with E-state index in [0.29, 0.717) is 5.92 Å². The summed E-state index contributed by atoms with van der Waals surface area (Å²) >= 11 is 5.94. The molecule has 0 aliphatic carbocycles. The van der Waals surface area contributed by atoms with Crippen LogP contribution in [0.15, 0.2) is 18.2 Å². The highest BCUT2D eigenvalue weighted by Crippen LogP contribution is 2.27. The van der Waals surface area contributed by atoms with Gasteiger partial charge in [0.2, 0.25) is 0 Å². The molecule has 0 aromatic heterocycles. The molecule has 0 unspecified atom stereocenters. The predicted octanol–water partition coefficient (Wildman–Crippen LogP) is 3.12. The molecule has 1 atom stereocenters. The second-order valence-electron chi connectivity index (χ2n) is 4.04. The van der Waals surface area contributed by atoms with Crippen LogP contribution < -0.4 is 5.32 Å². The summed E-state index contributed by atoms with van der Waals surface area (Å²) in [4.78, 5) is 0. The Morgan fingerprint density at radius 2 is 2.29 bits per heavy atom. The minimum Gasteiger partial charge on any atom is -0.316 e. The number of rotatable bonds is 1. The van der Waals surface area contributed by atoms with Gasteiger partial charge in [-0.15, -0.1) is 0 Å². The molecular weight excluding hydrogens is 194 g/mol. The minimum atomic E-state index is 0.681. The van der Waals surface area contributed by atoms with Crippen LogP contribution in [-0.4, -0.2) is 13.1 Å². The van der Waals surface area contributed by atoms with Crippen LogP contribution in [0.2, 0.25) is 5.02 Å². The first-order valence-corrected chi connectivity index (χ1v) is 5.62. The normalized spacial score (nSPS) is 22.3. The lowest BCUT2D eigenvalue weighted by molar-refractivity contribution is 0.460. The molecule has 0 saturated carbocycles. The Balaban J connectivity index is 2.22. The van der Waals surface area contributed by atoms with E-state index < -0.39 is 0 Å². The van der Waals surface area contributed by atoms with Crippen LogP contribution in [0.1, 0.15) is 29.9 Å². The molecule has 0 bridgehead atoms. The molecule has 14 heavy (non-hydrogen) atoms. The van der Waals surface area contributed by atoms with E-state index in [2.05, 4.69) is 24.4 Å². The van der Waals surface area contributed by atoms with Gasteiger partial charge in [0.05, 0.1) is 0 Å². The van der Waals surface area contributed by atoms with Gasteiger partial charge in [0.25, 0.3) is 0 Å². The molecule has 1 nitrogen and oxygen atoms in total. The molecule has 1 aliphatic heterocycles. The summed E-state index contributed by atoms with van der Waals surface area (Å²) in [5.74, 6) is 0.681. The quantitative estimate of drug-likeness (QED) is 0.750. The van der Waals surface area contributed by atoms with Crippen molar-refractivity contribution in [3.63, 3.8) is 0 Å². The topological polar surface area (TPSA) is 12.0 Å². The zero-order chi connectivity index (χ0) is 9.97. The highest BCUT2D eigenvalue weighted by atomic mass is 35.5. The lowest BCUT2D eigenvalue weighted by atomic mass is 9.89. The molecule has 0 spiro atoms. The molecule has 1 saturated heterocycles. The van der Waals surface area contributed by atoms with Gasteiger partial charge in [0.1, 0.15) is 0 Å². The monoisotopic (exact) mass is 209 g/mol. The van der Waals surface area contributed by atoms with Crippen LogP contribution in [0.5, 0.6) is 0 Å². The molecule has 0 radical (unpaired) electrons. The second-order valence-corrected chi connectivity index (χ2v) is 4.48. The molecule has 1 aromatic rings. The Bertz CT molecular complexity index is 316. The van der Waals surface area contributed by atoms with Crippen molar-refractivity contribution in [1.82, 2.24) is 5.32 Å². The van der Waals surface area contributed by atoms with E-state index in [1.807, 2.05) is 6.07 Å². The molecule has 1 aromatic carbocycles. The van der Waals surface area contributed by atoms with Gasteiger partial charge >= 0.3 is 0 Å². The summed E-state index contributed by atoms with van der Waals surface area (Å²) in [5, 5.41) is 4.28. The molecule has 76 valence electrons. The Labute approximate surface area is 90.5 Å². The fourth-order valence-corrected chi connectivity index (χ4v) is 2.44. The first kappa shape index (κ1) is 10.0. The van der Waals surface area contributed by atoms with Crippen LogP contribution in [0.4, 0.5) is 0 Å². The number of hydrogen-bond donors (Lipinski definition) is 1. The lowest BCUT2D eigenvalue weighted by Gasteiger charge is -2.24. The number of halogens is 1. The zero-order valence-corrected chi connectivity index (χ0v) is 9.27. The summed E-state index contributed by atoms with van der Waals surface area (Å²) in [7, 11) is 0. The maximum Gasteiger partial charge on any atom is 0.0408 e. The molecule has 0 amide bonds. The van der Waals surface area contributed by atoms with Gasteiger partial charge in [-0.05, 0) is 55.5 Å². The summed E-state index contributed by atoms with van der Waals surface area (Å²) in [6.45, 7) is 4.43. The van der Waals surface area contributed by atoms with Gasteiger partial charge in [0.15, 0.2) is 0 Å². The van der Waals surface area contributed by atoms with Crippen LogP contribution >= 0.6 is 11.6 Å². The zero-order valence-electron chi connectivity index (χ0n) is 8.52. The molecule has 1 aliphatic rings. The van der Waals surface area contributed by atoms with Crippen LogP contribution in [0, 0.1) is 6.92 Å². The molecule has 1 fully saturated rings. The Morgan fingerprint density at radius 1 is 1.43 bits per heavy atom. The Morgan fingerprint density at radius 3 is 2.93 bits per heavy atom. The molecular formula is C12H16ClN. The van der Waals surface area contributed by atoms with Gasteiger partial charge in [-0.1, -0.05) is 17.7 Å². The van der Waals surface area contributed by atoms with Gasteiger partial charge in [-0.2, -0.15) is 0 Å². The van der Waals surface area contributed by atoms with Crippen LogP contribution in [0.25, 0.3) is 0 Å². The molecule has 1 N–H and O–H groups in total. The lowest BCUT2D eigenvalue weighted by Crippen LogP contribution is -2.28. The van der Waals surface area contributed by atoms with Gasteiger partial charge in [-0.25, -0.2) is 0 Å². The summed E-state index contributed by atoms with van der Waals surface area (Å²) < 4.78 is 0. The SMILES string of the molecule is Cc1cc(Cl)ccc1[C@@H]1CCCNC1. The average Bonchev–Trinajstić information content (AvgIpc) is 2.19. The minimum absolute atomic E-state index is 0.681. The first-order chi connectivity index (χ1) is 6.77. The van der Waals surface area contributed by atoms with Crippen molar-refractivity contribution < 1.29 is 0 Å². The highest BCUT2D eigenvalue weighted by Gasteiger charge is 2.16. The van der Waals surface area contributed by atoms with E-state index >= 15 is 0 Å². The third-order valence-corrected chi connectivity index (χ3v) is 3.20. The smallest absolute Gasteiger partial charge is 0.0408 e. The van der Waals surface area contributed by atoms with Crippen molar-refractivity contribution in [3.05, 3.63) is 34.3 Å². The molecule has 2 heteroatoms. The van der Waals surface area contributed by atoms with E-state index in [1.165, 1.54) is 30.5 Å². The summed E-state index contributed by atoms with van der Waals surface area (Å²) in [6, 6.07) is 6.24. The van der Waals surface area contributed by atoms with E-state index in [0.717, 1.165) is 11.6 Å². The fourth-order valence-electron chi connectivity index (χ4n) is 2.21. The highest BCUT2D eigenvalue weighted by molar-refractivity contribution is 6.30. The standard InChI is InChI=1S/C12H16ClN/c1-9-7-11(13)4-5-12(9)10-3-2-6-14-8-10/h4-5,7,10,14H,2-3,6,8H2,1H3/t10-/m1/s1. The van der Waals surface area contributed by atoms with Crippen molar-refractivity contribution in [1.29, 1.82) is 0 Å². The van der Waals surface area contributed by atoms with Crippen molar-refractivity contribution in [3.8, 4) is 0 Å². The number of benzene rings is 1. The average molecular weight is 210 g/mol. The van der Waals surface area contributed by atoms with E-state index in [1.54, 1.807) is 0 Å². The number of piperidine rings is 1. The third kappa shape index (κ3) is 2.10. The maximum atomic E-state index is 5.94. The van der Waals surface area contributed by atoms with Gasteiger partial charge in [-0.3, -0.25) is 0 Å². The van der Waals surface area contributed by atoms with Gasteiger partial charge < -0.3 is 5.32 Å². The second kappa shape index (κ2) is 4.33. The summed E-state index contributed by atoms with van der Waals surface area (Å²) in [5.41, 5.74) is 2.78. The Kier molecular flexibility index (Phi) is 3.09. The maximum absolute atomic E-state index is 5.94. The number of hydrogen-bond acceptors (Lipinski definition) is 1. The fraction of sp³-hybridized carbons (Fsp3) is 0.500. The number of aryl methyl sites for hydroxylation is 1. The van der Waals surface area contributed by atoms with Crippen LogP contribution in [0.3, 0.4) is 0 Å². The largest absolute Gasteiger partial charge is 0.316 e. The molecule has 1 heterocycles. The van der Waals surface area contributed by atoms with Crippen molar-refractivity contribution in [2.45, 2.75) is 25.7 Å². The first-order valence-electron chi connectivity index (χ1n) is 5.24. The number of nitrogens with one attached hydrogen (secondary N) is 1. The van der Waals surface area contributed by atoms with E-state index in [9.17, 15) is 0 Å². The van der Waals surface area contributed by atoms with Crippen molar-refractivity contribution in [2.75, 3.05) is 13.1 Å². The van der Waals surface area contributed by atoms with E-state index in [-0.39, 0.29) is 0 Å². The van der Waals surface area contributed by atoms with Crippen molar-refractivity contribution >= 4 is 11.6 Å². The summed E-state index contributed by atoms with van der Waals surface area (Å²) in [6.07, 6.45) is 2.59. The molecule has 2 rings (SSSR count). The van der Waals surface area contributed by atoms with Crippen LogP contribution in [-0.2, 0) is 0 Å². The van der Waals surface area contributed by atoms with Crippen molar-refractivity contribution in [2.24, 2.45) is 0 Å². The Hall–Kier alpha value is -0.530. The van der Waals surface area contributed by atoms with E-state index in [4.69, 9.17) is 11.6 Å². The predicted molar refractivity (Wildman–Crippen MR) is 61.0 cm³/mol. The third-order valence-electron chi connectivity index (χ3n) is 2.97.